The minimum atomic E-state index is -0.756. The summed E-state index contributed by atoms with van der Waals surface area (Å²) in [6.07, 6.45) is 1.87. The van der Waals surface area contributed by atoms with Gasteiger partial charge in [-0.25, -0.2) is 0 Å². The zero-order valence-corrected chi connectivity index (χ0v) is 19.9. The van der Waals surface area contributed by atoms with E-state index in [0.717, 1.165) is 22.6 Å². The molecule has 0 amide bonds. The van der Waals surface area contributed by atoms with Gasteiger partial charge >= 0.3 is 5.97 Å². The average molecular weight is 459 g/mol. The minimum Gasteiger partial charge on any atom is -0.480 e. The summed E-state index contributed by atoms with van der Waals surface area (Å²) in [7, 11) is 1.71. The van der Waals surface area contributed by atoms with Crippen LogP contribution in [-0.2, 0) is 14.4 Å². The fourth-order valence-electron chi connectivity index (χ4n) is 3.05. The van der Waals surface area contributed by atoms with Crippen molar-refractivity contribution < 1.29 is 19.5 Å². The second-order valence-corrected chi connectivity index (χ2v) is 7.98. The van der Waals surface area contributed by atoms with E-state index < -0.39 is 11.5 Å². The molecule has 2 unspecified atom stereocenters. The van der Waals surface area contributed by atoms with Crippen LogP contribution < -0.4 is 11.1 Å². The fraction of sp³-hybridized carbons (Fsp3) is 0.320. The van der Waals surface area contributed by atoms with Crippen molar-refractivity contribution in [2.45, 2.75) is 38.1 Å². The Morgan fingerprint density at radius 3 is 2.16 bits per heavy atom. The van der Waals surface area contributed by atoms with E-state index in [-0.39, 0.29) is 5.92 Å². The van der Waals surface area contributed by atoms with Gasteiger partial charge < -0.3 is 25.7 Å². The van der Waals surface area contributed by atoms with Crippen LogP contribution in [0, 0.1) is 6.92 Å². The number of rotatable bonds is 7. The minimum absolute atomic E-state index is 0.117. The summed E-state index contributed by atoms with van der Waals surface area (Å²) >= 11 is 1.77. The molecule has 2 aromatic rings. The lowest BCUT2D eigenvalue weighted by atomic mass is 10.1. The number of aryl methyl sites for hydroxylation is 1. The topological polar surface area (TPSA) is 109 Å². The molecule has 32 heavy (non-hydrogen) atoms. The molecule has 1 aliphatic carbocycles. The fourth-order valence-corrected chi connectivity index (χ4v) is 3.72. The molecule has 2 aromatic carbocycles. The van der Waals surface area contributed by atoms with E-state index in [0.29, 0.717) is 6.42 Å². The number of carbonyl (C=O) groups is 3. The van der Waals surface area contributed by atoms with Gasteiger partial charge in [-0.2, -0.15) is 0 Å². The van der Waals surface area contributed by atoms with Crippen molar-refractivity contribution in [2.75, 3.05) is 12.8 Å². The second-order valence-electron chi connectivity index (χ2n) is 7.00. The molecule has 4 N–H and O–H groups in total. The lowest BCUT2D eigenvalue weighted by Crippen LogP contribution is -2.38. The molecular weight excluding hydrogens is 424 g/mol. The monoisotopic (exact) mass is 458 g/mol. The van der Waals surface area contributed by atoms with E-state index in [1.54, 1.807) is 18.8 Å². The van der Waals surface area contributed by atoms with Crippen molar-refractivity contribution in [3.05, 3.63) is 76.7 Å². The average Bonchev–Trinajstić information content (AvgIpc) is 3.60. The number of nitrogens with two attached hydrogens (primary N) is 1. The molecule has 2 atom stereocenters. The summed E-state index contributed by atoms with van der Waals surface area (Å²) < 4.78 is 0. The van der Waals surface area contributed by atoms with Gasteiger partial charge in [0, 0.05) is 11.6 Å². The first kappa shape index (κ1) is 29.1. The van der Waals surface area contributed by atoms with Gasteiger partial charge in [0.2, 0.25) is 0 Å². The zero-order valence-electron chi connectivity index (χ0n) is 19.0. The molecule has 6 nitrogen and oxygen atoms in total. The first-order valence-electron chi connectivity index (χ1n) is 10.1. The van der Waals surface area contributed by atoms with E-state index in [1.807, 2.05) is 49.3 Å². The van der Waals surface area contributed by atoms with Gasteiger partial charge in [-0.1, -0.05) is 67.1 Å². The van der Waals surface area contributed by atoms with Gasteiger partial charge in [0.05, 0.1) is 0 Å². The Morgan fingerprint density at radius 2 is 1.72 bits per heavy atom. The number of aliphatic carboxylic acids is 1. The first-order chi connectivity index (χ1) is 15.4. The number of hydrogen-bond acceptors (Lipinski definition) is 6. The molecule has 3 rings (SSSR count). The maximum atomic E-state index is 11.0. The molecule has 0 spiro atoms. The van der Waals surface area contributed by atoms with Crippen molar-refractivity contribution in [3.8, 4) is 0 Å². The summed E-state index contributed by atoms with van der Waals surface area (Å²) in [4.78, 5) is 27.0. The normalized spacial score (nSPS) is 18.5. The molecule has 0 radical (unpaired) electrons. The van der Waals surface area contributed by atoms with Gasteiger partial charge in [-0.05, 0) is 49.1 Å². The maximum absolute atomic E-state index is 11.0. The van der Waals surface area contributed by atoms with Gasteiger partial charge in [0.1, 0.15) is 19.1 Å². The highest BCUT2D eigenvalue weighted by Gasteiger charge is 2.60. The Hall–Kier alpha value is -2.90. The van der Waals surface area contributed by atoms with Gasteiger partial charge in [0.15, 0.2) is 0 Å². The van der Waals surface area contributed by atoms with Gasteiger partial charge in [-0.3, -0.25) is 4.79 Å². The molecule has 7 heteroatoms. The van der Waals surface area contributed by atoms with Crippen LogP contribution in [0.25, 0.3) is 5.70 Å². The van der Waals surface area contributed by atoms with Crippen molar-refractivity contribution in [2.24, 2.45) is 5.73 Å². The molecule has 0 saturated heterocycles. The van der Waals surface area contributed by atoms with E-state index >= 15 is 0 Å². The highest BCUT2D eigenvalue weighted by atomic mass is 32.2. The van der Waals surface area contributed by atoms with E-state index in [9.17, 15) is 4.79 Å². The van der Waals surface area contributed by atoms with E-state index in [4.69, 9.17) is 20.4 Å². The SMILES string of the molecule is C=O.C=O.CCCS/C=C(\N)c1ccc(C)cc1.CNC1(C(=O)O)CC1c1ccccc1. The van der Waals surface area contributed by atoms with Crippen molar-refractivity contribution in [3.63, 3.8) is 0 Å². The Balaban J connectivity index is 0.000000520. The largest absolute Gasteiger partial charge is 0.480 e. The zero-order chi connectivity index (χ0) is 24.6. The molecule has 0 heterocycles. The Bertz CT molecular complexity index is 826. The smallest absolute Gasteiger partial charge is 0.324 e. The van der Waals surface area contributed by atoms with Crippen LogP contribution in [0.4, 0.5) is 0 Å². The predicted octanol–water partition coefficient (Wildman–Crippen LogP) is 4.24. The third kappa shape index (κ3) is 8.69. The maximum Gasteiger partial charge on any atom is 0.324 e. The quantitative estimate of drug-likeness (QED) is 0.532. The Morgan fingerprint density at radius 1 is 1.16 bits per heavy atom. The molecular formula is C25H34N2O4S. The predicted molar refractivity (Wildman–Crippen MR) is 134 cm³/mol. The van der Waals surface area contributed by atoms with E-state index in [2.05, 4.69) is 43.4 Å². The van der Waals surface area contributed by atoms with Crippen LogP contribution in [0.15, 0.2) is 60.0 Å². The van der Waals surface area contributed by atoms with Crippen LogP contribution in [0.5, 0.6) is 0 Å². The Kier molecular flexibility index (Phi) is 14.4. The van der Waals surface area contributed by atoms with Gasteiger partial charge in [0.25, 0.3) is 0 Å². The van der Waals surface area contributed by atoms with E-state index in [1.165, 1.54) is 12.0 Å². The van der Waals surface area contributed by atoms with Crippen molar-refractivity contribution >= 4 is 37.0 Å². The van der Waals surface area contributed by atoms with Crippen LogP contribution in [0.2, 0.25) is 0 Å². The molecule has 1 saturated carbocycles. The Labute approximate surface area is 195 Å². The number of thioether (sulfide) groups is 1. The molecule has 0 aliphatic heterocycles. The molecule has 1 fully saturated rings. The summed E-state index contributed by atoms with van der Waals surface area (Å²) in [6.45, 7) is 8.25. The first-order valence-corrected chi connectivity index (χ1v) is 11.2. The summed E-state index contributed by atoms with van der Waals surface area (Å²) in [5.74, 6) is 0.493. The molecule has 1 aliphatic rings. The van der Waals surface area contributed by atoms with Gasteiger partial charge in [-0.15, -0.1) is 11.8 Å². The van der Waals surface area contributed by atoms with Crippen LogP contribution in [-0.4, -0.2) is 43.0 Å². The summed E-state index contributed by atoms with van der Waals surface area (Å²) in [6, 6.07) is 18.1. The second kappa shape index (κ2) is 15.8. The number of benzene rings is 2. The number of likely N-dealkylation sites (N-methyl/N-ethyl adjacent to an activating group) is 1. The van der Waals surface area contributed by atoms with Crippen LogP contribution >= 0.6 is 11.8 Å². The third-order valence-corrected chi connectivity index (χ3v) is 5.97. The van der Waals surface area contributed by atoms with Crippen LogP contribution in [0.3, 0.4) is 0 Å². The summed E-state index contributed by atoms with van der Waals surface area (Å²) in [5.41, 5.74) is 9.55. The van der Waals surface area contributed by atoms with Crippen molar-refractivity contribution in [1.82, 2.24) is 5.32 Å². The molecule has 0 bridgehead atoms. The highest BCUT2D eigenvalue weighted by molar-refractivity contribution is 8.02. The molecule has 0 aromatic heterocycles. The van der Waals surface area contributed by atoms with Crippen LogP contribution in [0.1, 0.15) is 42.4 Å². The van der Waals surface area contributed by atoms with Crippen molar-refractivity contribution in [1.29, 1.82) is 0 Å². The third-order valence-electron chi connectivity index (χ3n) is 4.91. The standard InChI is InChI=1S/C12H17NS.C11H13NO2.2CH2O/c1-3-8-14-9-12(13)11-6-4-10(2)5-7-11;1-12-11(10(13)14)7-9(11)8-5-3-2-4-6-8;2*1-2/h4-7,9H,3,8,13H2,1-2H3;2-6,9,12H,7H2,1H3,(H,13,14);2*1H2/b12-9-;;;. The highest BCUT2D eigenvalue weighted by Crippen LogP contribution is 2.51. The lowest BCUT2D eigenvalue weighted by Gasteiger charge is -2.10. The number of carbonyl (C=O) groups excluding carboxylic acids is 2. The number of hydrogen-bond donors (Lipinski definition) is 3. The molecule has 174 valence electrons. The lowest BCUT2D eigenvalue weighted by molar-refractivity contribution is -0.140. The number of carboxylic acids is 1. The summed E-state index contributed by atoms with van der Waals surface area (Å²) in [5, 5.41) is 14.0. The number of carboxylic acid groups (broad SMARTS) is 1. The number of nitrogens with one attached hydrogen (secondary N) is 1.